The average Bonchev–Trinajstić information content (AvgIpc) is 2.28. The maximum Gasteiger partial charge on any atom is 0.329 e. The van der Waals surface area contributed by atoms with E-state index >= 15 is 0 Å². The van der Waals surface area contributed by atoms with Gasteiger partial charge in [-0.3, -0.25) is 0 Å². The second-order valence-electron chi connectivity index (χ2n) is 3.20. The number of aliphatic hydroxyl groups excluding tert-OH is 1. The Morgan fingerprint density at radius 2 is 2.00 bits per heavy atom. The van der Waals surface area contributed by atoms with Crippen LogP contribution in [0.5, 0.6) is 5.75 Å². The highest BCUT2D eigenvalue weighted by molar-refractivity contribution is 5.67. The molecule has 0 fully saturated rings. The van der Waals surface area contributed by atoms with Gasteiger partial charge in [0.15, 0.2) is 0 Å². The molecule has 5 heteroatoms. The Morgan fingerprint density at radius 1 is 1.38 bits per heavy atom. The van der Waals surface area contributed by atoms with Crippen molar-refractivity contribution in [3.8, 4) is 5.75 Å². The largest absolute Gasteiger partial charge is 0.497 e. The van der Waals surface area contributed by atoms with Crippen molar-refractivity contribution >= 4 is 5.97 Å². The van der Waals surface area contributed by atoms with Gasteiger partial charge in [0.1, 0.15) is 18.5 Å². The standard InChI is InChI=1S/C11H14O5/c1-15-9-4-2-8(3-5-9)10(12)6-16-7-11(13)14/h2-5,10,12H,6-7H2,1H3,(H,13,14). The Morgan fingerprint density at radius 3 is 2.50 bits per heavy atom. The fraction of sp³-hybridized carbons (Fsp3) is 0.364. The molecule has 5 nitrogen and oxygen atoms in total. The molecule has 0 spiro atoms. The van der Waals surface area contributed by atoms with Gasteiger partial charge in [0, 0.05) is 0 Å². The molecule has 1 atom stereocenters. The molecule has 0 aromatic heterocycles. The molecule has 1 rings (SSSR count). The van der Waals surface area contributed by atoms with Crippen molar-refractivity contribution in [2.45, 2.75) is 6.10 Å². The molecule has 88 valence electrons. The van der Waals surface area contributed by atoms with Crippen molar-refractivity contribution < 1.29 is 24.5 Å². The third-order valence-electron chi connectivity index (χ3n) is 2.00. The molecule has 0 radical (unpaired) electrons. The zero-order valence-corrected chi connectivity index (χ0v) is 8.92. The van der Waals surface area contributed by atoms with Crippen molar-refractivity contribution in [3.05, 3.63) is 29.8 Å². The molecule has 2 N–H and O–H groups in total. The summed E-state index contributed by atoms with van der Waals surface area (Å²) in [6.07, 6.45) is -0.828. The molecule has 1 aromatic carbocycles. The fourth-order valence-electron chi connectivity index (χ4n) is 1.18. The van der Waals surface area contributed by atoms with E-state index in [2.05, 4.69) is 0 Å². The first-order valence-electron chi connectivity index (χ1n) is 4.75. The Bertz CT molecular complexity index is 333. The summed E-state index contributed by atoms with van der Waals surface area (Å²) in [4.78, 5) is 10.2. The lowest BCUT2D eigenvalue weighted by Gasteiger charge is -2.11. The van der Waals surface area contributed by atoms with E-state index in [1.165, 1.54) is 0 Å². The van der Waals surface area contributed by atoms with Gasteiger partial charge in [0.05, 0.1) is 13.7 Å². The van der Waals surface area contributed by atoms with Crippen molar-refractivity contribution in [1.29, 1.82) is 0 Å². The highest BCUT2D eigenvalue weighted by atomic mass is 16.5. The summed E-state index contributed by atoms with van der Waals surface area (Å²) in [6.45, 7) is -0.453. The van der Waals surface area contributed by atoms with Gasteiger partial charge in [-0.1, -0.05) is 12.1 Å². The fourth-order valence-corrected chi connectivity index (χ4v) is 1.18. The summed E-state index contributed by atoms with van der Waals surface area (Å²) in [6, 6.07) is 6.84. The lowest BCUT2D eigenvalue weighted by atomic mass is 10.1. The van der Waals surface area contributed by atoms with Gasteiger partial charge in [-0.25, -0.2) is 4.79 Å². The first-order valence-corrected chi connectivity index (χ1v) is 4.75. The Kier molecular flexibility index (Phi) is 4.75. The van der Waals surface area contributed by atoms with Crippen LogP contribution in [-0.2, 0) is 9.53 Å². The van der Waals surface area contributed by atoms with E-state index < -0.39 is 18.7 Å². The van der Waals surface area contributed by atoms with Crippen LogP contribution < -0.4 is 4.74 Å². The number of ether oxygens (including phenoxy) is 2. The average molecular weight is 226 g/mol. The number of hydrogen-bond acceptors (Lipinski definition) is 4. The van der Waals surface area contributed by atoms with Crippen molar-refractivity contribution in [3.63, 3.8) is 0 Å². The van der Waals surface area contributed by atoms with Crippen molar-refractivity contribution in [2.75, 3.05) is 20.3 Å². The van der Waals surface area contributed by atoms with Gasteiger partial charge in [0.2, 0.25) is 0 Å². The van der Waals surface area contributed by atoms with E-state index in [4.69, 9.17) is 14.6 Å². The van der Waals surface area contributed by atoms with Gasteiger partial charge in [-0.15, -0.1) is 0 Å². The van der Waals surface area contributed by atoms with Crippen LogP contribution in [0.4, 0.5) is 0 Å². The minimum Gasteiger partial charge on any atom is -0.497 e. The molecule has 0 saturated carbocycles. The van der Waals surface area contributed by atoms with Crippen LogP contribution in [0.3, 0.4) is 0 Å². The lowest BCUT2D eigenvalue weighted by molar-refractivity contribution is -0.143. The minimum absolute atomic E-state index is 0.0430. The van der Waals surface area contributed by atoms with E-state index in [-0.39, 0.29) is 6.61 Å². The number of benzene rings is 1. The van der Waals surface area contributed by atoms with Crippen LogP contribution in [0.25, 0.3) is 0 Å². The van der Waals surface area contributed by atoms with Crippen molar-refractivity contribution in [1.82, 2.24) is 0 Å². The molecule has 0 aliphatic rings. The summed E-state index contributed by atoms with van der Waals surface area (Å²) in [5, 5.41) is 18.0. The number of carbonyl (C=O) groups is 1. The highest BCUT2D eigenvalue weighted by Gasteiger charge is 2.08. The Labute approximate surface area is 93.2 Å². The van der Waals surface area contributed by atoms with Crippen LogP contribution in [0.15, 0.2) is 24.3 Å². The van der Waals surface area contributed by atoms with E-state index in [1.54, 1.807) is 31.4 Å². The highest BCUT2D eigenvalue weighted by Crippen LogP contribution is 2.17. The minimum atomic E-state index is -1.05. The second-order valence-corrected chi connectivity index (χ2v) is 3.20. The third kappa shape index (κ3) is 3.88. The summed E-state index contributed by atoms with van der Waals surface area (Å²) >= 11 is 0. The molecule has 0 heterocycles. The topological polar surface area (TPSA) is 76.0 Å². The number of carboxylic acids is 1. The number of aliphatic hydroxyl groups is 1. The van der Waals surface area contributed by atoms with Gasteiger partial charge in [0.25, 0.3) is 0 Å². The third-order valence-corrected chi connectivity index (χ3v) is 2.00. The van der Waals surface area contributed by atoms with Crippen LogP contribution in [-0.4, -0.2) is 36.5 Å². The molecular weight excluding hydrogens is 212 g/mol. The summed E-state index contributed by atoms with van der Waals surface area (Å²) in [5.41, 5.74) is 0.659. The summed E-state index contributed by atoms with van der Waals surface area (Å²) in [5.74, 6) is -0.357. The maximum atomic E-state index is 10.2. The van der Waals surface area contributed by atoms with E-state index in [0.29, 0.717) is 11.3 Å². The molecule has 1 unspecified atom stereocenters. The second kappa shape index (κ2) is 6.09. The van der Waals surface area contributed by atoms with Crippen LogP contribution in [0, 0.1) is 0 Å². The maximum absolute atomic E-state index is 10.2. The van der Waals surface area contributed by atoms with Gasteiger partial charge in [-0.2, -0.15) is 0 Å². The molecule has 0 aliphatic heterocycles. The number of carboxylic acid groups (broad SMARTS) is 1. The predicted molar refractivity (Wildman–Crippen MR) is 56.4 cm³/mol. The zero-order valence-electron chi connectivity index (χ0n) is 8.92. The number of rotatable bonds is 6. The number of methoxy groups -OCH3 is 1. The van der Waals surface area contributed by atoms with Crippen LogP contribution >= 0.6 is 0 Å². The normalized spacial score (nSPS) is 12.1. The SMILES string of the molecule is COc1ccc(C(O)COCC(=O)O)cc1. The smallest absolute Gasteiger partial charge is 0.329 e. The molecule has 0 saturated heterocycles. The Hall–Kier alpha value is -1.59. The van der Waals surface area contributed by atoms with Crippen LogP contribution in [0.2, 0.25) is 0 Å². The zero-order chi connectivity index (χ0) is 12.0. The van der Waals surface area contributed by atoms with E-state index in [1.807, 2.05) is 0 Å². The summed E-state index contributed by atoms with van der Waals surface area (Å²) in [7, 11) is 1.56. The molecule has 0 aliphatic carbocycles. The van der Waals surface area contributed by atoms with E-state index in [9.17, 15) is 9.90 Å². The number of hydrogen-bond donors (Lipinski definition) is 2. The first kappa shape index (κ1) is 12.5. The Balaban J connectivity index is 2.45. The van der Waals surface area contributed by atoms with E-state index in [0.717, 1.165) is 0 Å². The van der Waals surface area contributed by atoms with Gasteiger partial charge < -0.3 is 19.7 Å². The predicted octanol–water partition coefficient (Wildman–Crippen LogP) is 0.830. The molecular formula is C11H14O5. The molecule has 0 amide bonds. The molecule has 16 heavy (non-hydrogen) atoms. The summed E-state index contributed by atoms with van der Waals surface area (Å²) < 4.78 is 9.76. The molecule has 0 bridgehead atoms. The lowest BCUT2D eigenvalue weighted by Crippen LogP contribution is -2.13. The number of aliphatic carboxylic acids is 1. The monoisotopic (exact) mass is 226 g/mol. The van der Waals surface area contributed by atoms with Crippen molar-refractivity contribution in [2.24, 2.45) is 0 Å². The van der Waals surface area contributed by atoms with Gasteiger partial charge in [-0.05, 0) is 17.7 Å². The van der Waals surface area contributed by atoms with Gasteiger partial charge >= 0.3 is 5.97 Å². The quantitative estimate of drug-likeness (QED) is 0.751. The first-order chi connectivity index (χ1) is 7.63. The van der Waals surface area contributed by atoms with Crippen LogP contribution in [0.1, 0.15) is 11.7 Å². The molecule has 1 aromatic rings.